The van der Waals surface area contributed by atoms with Gasteiger partial charge in [0.05, 0.1) is 18.3 Å². The number of carbonyl (C=O) groups excluding carboxylic acids is 1. The van der Waals surface area contributed by atoms with Gasteiger partial charge in [-0.1, -0.05) is 25.1 Å². The van der Waals surface area contributed by atoms with Gasteiger partial charge < -0.3 is 9.84 Å². The van der Waals surface area contributed by atoms with Gasteiger partial charge in [0.2, 0.25) is 0 Å². The highest BCUT2D eigenvalue weighted by Gasteiger charge is 2.29. The molecule has 0 spiro atoms. The molecule has 0 saturated heterocycles. The summed E-state index contributed by atoms with van der Waals surface area (Å²) in [4.78, 5) is 24.5. The van der Waals surface area contributed by atoms with E-state index in [1.165, 1.54) is 12.0 Å². The second-order valence-electron chi connectivity index (χ2n) is 4.72. The van der Waals surface area contributed by atoms with Crippen molar-refractivity contribution in [1.82, 2.24) is 0 Å². The minimum Gasteiger partial charge on any atom is -0.474 e. The first-order chi connectivity index (χ1) is 9.43. The fourth-order valence-electron chi connectivity index (χ4n) is 2.29. The number of ether oxygens (including phenoxy) is 1. The number of hydrogen-bond acceptors (Lipinski definition) is 3. The molecule has 0 aliphatic rings. The summed E-state index contributed by atoms with van der Waals surface area (Å²) in [6.07, 6.45) is 0.722. The summed E-state index contributed by atoms with van der Waals surface area (Å²) in [5.74, 6) is -2.39. The van der Waals surface area contributed by atoms with E-state index in [9.17, 15) is 9.59 Å². The molecule has 1 atom stereocenters. The Morgan fingerprint density at radius 1 is 1.40 bits per heavy atom. The number of para-hydroxylation sites is 1. The number of carbonyl (C=O) groups is 2. The van der Waals surface area contributed by atoms with Crippen LogP contribution in [0.5, 0.6) is 0 Å². The molecule has 5 nitrogen and oxygen atoms in total. The molecule has 0 fully saturated rings. The van der Waals surface area contributed by atoms with Gasteiger partial charge in [-0.25, -0.2) is 4.79 Å². The summed E-state index contributed by atoms with van der Waals surface area (Å²) < 4.78 is 5.06. The molecule has 110 valence electrons. The van der Waals surface area contributed by atoms with Crippen molar-refractivity contribution in [1.29, 1.82) is 0 Å². The van der Waals surface area contributed by atoms with Crippen LogP contribution in [-0.4, -0.2) is 36.7 Å². The Labute approximate surface area is 119 Å². The fraction of sp³-hybridized carbons (Fsp3) is 0.467. The molecule has 1 aromatic carbocycles. The Morgan fingerprint density at radius 3 is 2.55 bits per heavy atom. The van der Waals surface area contributed by atoms with Crippen molar-refractivity contribution in [3.05, 3.63) is 29.3 Å². The lowest BCUT2D eigenvalue weighted by Gasteiger charge is -2.30. The second-order valence-corrected chi connectivity index (χ2v) is 4.72. The number of methoxy groups -OCH3 is 1. The molecule has 0 saturated carbocycles. The molecule has 20 heavy (non-hydrogen) atoms. The molecule has 1 amide bonds. The van der Waals surface area contributed by atoms with E-state index >= 15 is 0 Å². The summed E-state index contributed by atoms with van der Waals surface area (Å²) in [6, 6.07) is 5.33. The van der Waals surface area contributed by atoms with Gasteiger partial charge in [-0.2, -0.15) is 0 Å². The van der Waals surface area contributed by atoms with E-state index in [1.54, 1.807) is 6.92 Å². The van der Waals surface area contributed by atoms with Crippen molar-refractivity contribution in [3.63, 3.8) is 0 Å². The summed E-state index contributed by atoms with van der Waals surface area (Å²) in [5, 5.41) is 9.05. The Balaban J connectivity index is 3.37. The van der Waals surface area contributed by atoms with Gasteiger partial charge in [-0.05, 0) is 31.4 Å². The number of carboxylic acids is 1. The molecule has 0 heterocycles. The van der Waals surface area contributed by atoms with Crippen LogP contribution in [0.2, 0.25) is 0 Å². The predicted molar refractivity (Wildman–Crippen MR) is 77.0 cm³/mol. The smallest absolute Gasteiger partial charge is 0.394 e. The Bertz CT molecular complexity index is 499. The van der Waals surface area contributed by atoms with Gasteiger partial charge in [0, 0.05) is 7.11 Å². The Morgan fingerprint density at radius 2 is 2.05 bits per heavy atom. The third kappa shape index (κ3) is 3.36. The maximum atomic E-state index is 12.1. The van der Waals surface area contributed by atoms with Crippen LogP contribution < -0.4 is 4.90 Å². The first-order valence-electron chi connectivity index (χ1n) is 6.57. The number of nitrogens with zero attached hydrogens (tertiary/aromatic N) is 1. The fourth-order valence-corrected chi connectivity index (χ4v) is 2.29. The maximum Gasteiger partial charge on any atom is 0.394 e. The highest BCUT2D eigenvalue weighted by atomic mass is 16.5. The topological polar surface area (TPSA) is 66.8 Å². The molecule has 0 aliphatic heterocycles. The monoisotopic (exact) mass is 279 g/mol. The van der Waals surface area contributed by atoms with Crippen molar-refractivity contribution in [2.75, 3.05) is 18.6 Å². The first kappa shape index (κ1) is 16.2. The zero-order chi connectivity index (χ0) is 15.3. The second kappa shape index (κ2) is 7.05. The number of benzene rings is 1. The molecule has 1 rings (SSSR count). The third-order valence-electron chi connectivity index (χ3n) is 3.19. The van der Waals surface area contributed by atoms with Crippen molar-refractivity contribution in [3.8, 4) is 0 Å². The van der Waals surface area contributed by atoms with E-state index in [0.717, 1.165) is 17.5 Å². The van der Waals surface area contributed by atoms with E-state index < -0.39 is 11.9 Å². The lowest BCUT2D eigenvalue weighted by Crippen LogP contribution is -2.45. The Kier molecular flexibility index (Phi) is 5.70. The van der Waals surface area contributed by atoms with Crippen LogP contribution in [0.1, 0.15) is 25.0 Å². The van der Waals surface area contributed by atoms with Crippen LogP contribution in [0.15, 0.2) is 18.2 Å². The van der Waals surface area contributed by atoms with E-state index in [4.69, 9.17) is 9.84 Å². The van der Waals surface area contributed by atoms with Crippen molar-refractivity contribution >= 4 is 17.6 Å². The van der Waals surface area contributed by atoms with E-state index in [0.29, 0.717) is 5.69 Å². The minimum atomic E-state index is -1.46. The van der Waals surface area contributed by atoms with Gasteiger partial charge in [-0.15, -0.1) is 0 Å². The van der Waals surface area contributed by atoms with Gasteiger partial charge in [0.1, 0.15) is 0 Å². The maximum absolute atomic E-state index is 12.1. The highest BCUT2D eigenvalue weighted by Crippen LogP contribution is 2.28. The molecule has 0 radical (unpaired) electrons. The first-order valence-corrected chi connectivity index (χ1v) is 6.57. The lowest BCUT2D eigenvalue weighted by molar-refractivity contribution is -0.149. The number of hydrogen-bond donors (Lipinski definition) is 1. The number of carboxylic acid groups (broad SMARTS) is 1. The lowest BCUT2D eigenvalue weighted by atomic mass is 10.0. The normalized spacial score (nSPS) is 12.0. The van der Waals surface area contributed by atoms with Crippen molar-refractivity contribution in [2.24, 2.45) is 0 Å². The molecule has 0 bridgehead atoms. The summed E-state index contributed by atoms with van der Waals surface area (Å²) in [7, 11) is 1.53. The number of anilines is 1. The quantitative estimate of drug-likeness (QED) is 0.837. The number of rotatable bonds is 5. The van der Waals surface area contributed by atoms with Gasteiger partial charge in [0.15, 0.2) is 0 Å². The third-order valence-corrected chi connectivity index (χ3v) is 3.19. The zero-order valence-electron chi connectivity index (χ0n) is 12.3. The van der Waals surface area contributed by atoms with Crippen LogP contribution in [0.25, 0.3) is 0 Å². The Hall–Kier alpha value is -1.88. The molecular formula is C15H21NO4. The number of aliphatic carboxylic acids is 1. The average Bonchev–Trinajstić information content (AvgIpc) is 2.40. The van der Waals surface area contributed by atoms with Crippen LogP contribution >= 0.6 is 0 Å². The summed E-state index contributed by atoms with van der Waals surface area (Å²) in [6.45, 7) is 5.89. The molecule has 1 N–H and O–H groups in total. The molecule has 0 aromatic heterocycles. The van der Waals surface area contributed by atoms with Gasteiger partial charge in [-0.3, -0.25) is 9.69 Å². The van der Waals surface area contributed by atoms with Gasteiger partial charge in [0.25, 0.3) is 0 Å². The predicted octanol–water partition coefficient (Wildman–Crippen LogP) is 2.01. The van der Waals surface area contributed by atoms with Crippen LogP contribution in [0, 0.1) is 6.92 Å². The summed E-state index contributed by atoms with van der Waals surface area (Å²) >= 11 is 0. The SMILES string of the molecule is CCc1cccc(C)c1N(C(=O)C(=O)O)[C@H](C)COC. The molecular weight excluding hydrogens is 258 g/mol. The van der Waals surface area contributed by atoms with Crippen LogP contribution in [0.3, 0.4) is 0 Å². The summed E-state index contributed by atoms with van der Waals surface area (Å²) in [5.41, 5.74) is 2.50. The van der Waals surface area contributed by atoms with E-state index in [2.05, 4.69) is 0 Å². The molecule has 0 aliphatic carbocycles. The van der Waals surface area contributed by atoms with Crippen molar-refractivity contribution < 1.29 is 19.4 Å². The van der Waals surface area contributed by atoms with Crippen LogP contribution in [0.4, 0.5) is 5.69 Å². The minimum absolute atomic E-state index is 0.274. The zero-order valence-corrected chi connectivity index (χ0v) is 12.3. The van der Waals surface area contributed by atoms with E-state index in [1.807, 2.05) is 32.0 Å². The molecule has 1 aromatic rings. The van der Waals surface area contributed by atoms with E-state index in [-0.39, 0.29) is 12.6 Å². The molecule has 5 heteroatoms. The average molecular weight is 279 g/mol. The highest BCUT2D eigenvalue weighted by molar-refractivity contribution is 6.37. The largest absolute Gasteiger partial charge is 0.474 e. The van der Waals surface area contributed by atoms with Crippen LogP contribution in [-0.2, 0) is 20.7 Å². The number of aryl methyl sites for hydroxylation is 2. The number of amides is 1. The van der Waals surface area contributed by atoms with Crippen molar-refractivity contribution in [2.45, 2.75) is 33.2 Å². The standard InChI is InChI=1S/C15H21NO4/c1-5-12-8-6-7-10(2)13(12)16(11(3)9-20-4)14(17)15(18)19/h6-8,11H,5,9H2,1-4H3,(H,18,19)/t11-/m1/s1. The molecule has 0 unspecified atom stereocenters. The van der Waals surface area contributed by atoms with Gasteiger partial charge >= 0.3 is 11.9 Å².